The number of aromatic nitrogens is 1. The third-order valence-corrected chi connectivity index (χ3v) is 4.83. The maximum absolute atomic E-state index is 4.56. The third-order valence-electron chi connectivity index (χ3n) is 4.83. The number of nitrogens with zero attached hydrogens (tertiary/aromatic N) is 1. The molecule has 1 aromatic heterocycles. The molecule has 1 N–H and O–H groups in total. The van der Waals surface area contributed by atoms with Gasteiger partial charge in [0.2, 0.25) is 0 Å². The Hall–Kier alpha value is -1.41. The molecule has 0 spiro atoms. The predicted octanol–water partition coefficient (Wildman–Crippen LogP) is 4.60. The lowest BCUT2D eigenvalue weighted by atomic mass is 9.75. The van der Waals surface area contributed by atoms with Crippen LogP contribution >= 0.6 is 0 Å². The molecule has 0 bridgehead atoms. The van der Waals surface area contributed by atoms with Gasteiger partial charge in [-0.25, -0.2) is 0 Å². The molecule has 2 aromatic rings. The molecule has 1 fully saturated rings. The van der Waals surface area contributed by atoms with E-state index in [2.05, 4.69) is 54.5 Å². The van der Waals surface area contributed by atoms with Crippen molar-refractivity contribution in [2.45, 2.75) is 59.0 Å². The number of hydrogen-bond acceptors (Lipinski definition) is 2. The van der Waals surface area contributed by atoms with Gasteiger partial charge in [0, 0.05) is 23.7 Å². The highest BCUT2D eigenvalue weighted by Crippen LogP contribution is 2.35. The topological polar surface area (TPSA) is 24.9 Å². The summed E-state index contributed by atoms with van der Waals surface area (Å²) in [5, 5.41) is 4.97. The van der Waals surface area contributed by atoms with E-state index in [4.69, 9.17) is 0 Å². The highest BCUT2D eigenvalue weighted by molar-refractivity contribution is 5.79. The molecule has 0 saturated heterocycles. The van der Waals surface area contributed by atoms with Crippen LogP contribution in [-0.2, 0) is 6.54 Å². The van der Waals surface area contributed by atoms with Crippen molar-refractivity contribution in [2.75, 3.05) is 0 Å². The molecular weight excluding hydrogens is 256 g/mol. The van der Waals surface area contributed by atoms with Gasteiger partial charge in [-0.1, -0.05) is 26.0 Å². The minimum atomic E-state index is 0.546. The van der Waals surface area contributed by atoms with Crippen LogP contribution in [-0.4, -0.2) is 11.0 Å². The molecule has 2 heteroatoms. The van der Waals surface area contributed by atoms with E-state index in [0.717, 1.165) is 17.8 Å². The summed E-state index contributed by atoms with van der Waals surface area (Å²) >= 11 is 0. The van der Waals surface area contributed by atoms with Crippen LogP contribution in [0.4, 0.5) is 0 Å². The second kappa shape index (κ2) is 5.76. The Morgan fingerprint density at radius 2 is 1.90 bits per heavy atom. The van der Waals surface area contributed by atoms with Gasteiger partial charge in [-0.2, -0.15) is 0 Å². The standard InChI is InChI=1S/C19H26N2/c1-14-4-6-16-12-15(5-7-18(16)21-14)13-20-17-8-10-19(2,3)11-9-17/h4-7,12,17,20H,8-11,13H2,1-3H3. The molecule has 1 aliphatic carbocycles. The van der Waals surface area contributed by atoms with E-state index in [9.17, 15) is 0 Å². The van der Waals surface area contributed by atoms with Crippen molar-refractivity contribution in [1.82, 2.24) is 10.3 Å². The first kappa shape index (κ1) is 14.5. The van der Waals surface area contributed by atoms with Crippen molar-refractivity contribution in [3.8, 4) is 0 Å². The summed E-state index contributed by atoms with van der Waals surface area (Å²) in [5.74, 6) is 0. The maximum atomic E-state index is 4.56. The highest BCUT2D eigenvalue weighted by Gasteiger charge is 2.26. The summed E-state index contributed by atoms with van der Waals surface area (Å²) < 4.78 is 0. The quantitative estimate of drug-likeness (QED) is 0.889. The van der Waals surface area contributed by atoms with E-state index in [1.165, 1.54) is 36.6 Å². The van der Waals surface area contributed by atoms with Crippen LogP contribution < -0.4 is 5.32 Å². The van der Waals surface area contributed by atoms with Crippen molar-refractivity contribution in [1.29, 1.82) is 0 Å². The second-order valence-corrected chi connectivity index (χ2v) is 7.30. The fraction of sp³-hybridized carbons (Fsp3) is 0.526. The molecule has 1 heterocycles. The van der Waals surface area contributed by atoms with E-state index < -0.39 is 0 Å². The zero-order valence-corrected chi connectivity index (χ0v) is 13.4. The maximum Gasteiger partial charge on any atom is 0.0705 e. The lowest BCUT2D eigenvalue weighted by Crippen LogP contribution is -2.35. The molecule has 0 amide bonds. The van der Waals surface area contributed by atoms with Gasteiger partial charge in [0.05, 0.1) is 5.52 Å². The van der Waals surface area contributed by atoms with Crippen LogP contribution in [0.25, 0.3) is 10.9 Å². The van der Waals surface area contributed by atoms with Gasteiger partial charge in [0.15, 0.2) is 0 Å². The SMILES string of the molecule is Cc1ccc2cc(CNC3CCC(C)(C)CC3)ccc2n1. The average molecular weight is 282 g/mol. The molecule has 1 aromatic carbocycles. The zero-order chi connectivity index (χ0) is 14.9. The van der Waals surface area contributed by atoms with E-state index in [1.807, 2.05) is 6.92 Å². The Morgan fingerprint density at radius 1 is 1.14 bits per heavy atom. The van der Waals surface area contributed by atoms with Crippen molar-refractivity contribution in [2.24, 2.45) is 5.41 Å². The summed E-state index contributed by atoms with van der Waals surface area (Å²) in [6.45, 7) is 7.79. The Balaban J connectivity index is 1.62. The lowest BCUT2D eigenvalue weighted by Gasteiger charge is -2.34. The van der Waals surface area contributed by atoms with Crippen LogP contribution in [0.15, 0.2) is 30.3 Å². The van der Waals surface area contributed by atoms with Gasteiger partial charge >= 0.3 is 0 Å². The number of aryl methyl sites for hydroxylation is 1. The summed E-state index contributed by atoms with van der Waals surface area (Å²) in [7, 11) is 0. The van der Waals surface area contributed by atoms with Gasteiger partial charge in [-0.15, -0.1) is 0 Å². The van der Waals surface area contributed by atoms with E-state index in [0.29, 0.717) is 11.5 Å². The van der Waals surface area contributed by atoms with Gasteiger partial charge < -0.3 is 5.32 Å². The van der Waals surface area contributed by atoms with Crippen LogP contribution in [0.5, 0.6) is 0 Å². The molecule has 0 atom stereocenters. The van der Waals surface area contributed by atoms with Crippen molar-refractivity contribution in [3.05, 3.63) is 41.6 Å². The van der Waals surface area contributed by atoms with Crippen molar-refractivity contribution in [3.63, 3.8) is 0 Å². The van der Waals surface area contributed by atoms with Crippen molar-refractivity contribution < 1.29 is 0 Å². The van der Waals surface area contributed by atoms with Gasteiger partial charge in [-0.3, -0.25) is 4.98 Å². The number of fused-ring (bicyclic) bond motifs is 1. The molecule has 2 nitrogen and oxygen atoms in total. The van der Waals surface area contributed by atoms with E-state index in [1.54, 1.807) is 0 Å². The fourth-order valence-electron chi connectivity index (χ4n) is 3.25. The van der Waals surface area contributed by atoms with Crippen LogP contribution in [0.2, 0.25) is 0 Å². The largest absolute Gasteiger partial charge is 0.310 e. The number of nitrogens with one attached hydrogen (secondary N) is 1. The number of pyridine rings is 1. The first-order chi connectivity index (χ1) is 10.0. The lowest BCUT2D eigenvalue weighted by molar-refractivity contribution is 0.206. The Morgan fingerprint density at radius 3 is 2.67 bits per heavy atom. The monoisotopic (exact) mass is 282 g/mol. The summed E-state index contributed by atoms with van der Waals surface area (Å²) in [6, 6.07) is 11.6. The summed E-state index contributed by atoms with van der Waals surface area (Å²) in [6.07, 6.45) is 5.29. The first-order valence-electron chi connectivity index (χ1n) is 8.12. The Kier molecular flexibility index (Phi) is 3.99. The normalized spacial score (nSPS) is 19.0. The molecule has 1 saturated carbocycles. The minimum Gasteiger partial charge on any atom is -0.310 e. The van der Waals surface area contributed by atoms with Gasteiger partial charge in [-0.05, 0) is 61.8 Å². The minimum absolute atomic E-state index is 0.546. The van der Waals surface area contributed by atoms with Crippen molar-refractivity contribution >= 4 is 10.9 Å². The molecular formula is C19H26N2. The average Bonchev–Trinajstić information content (AvgIpc) is 2.46. The summed E-state index contributed by atoms with van der Waals surface area (Å²) in [5.41, 5.74) is 4.08. The van der Waals surface area contributed by atoms with Crippen LogP contribution in [0.1, 0.15) is 50.8 Å². The molecule has 112 valence electrons. The van der Waals surface area contributed by atoms with Crippen LogP contribution in [0.3, 0.4) is 0 Å². The number of rotatable bonds is 3. The Labute approximate surface area is 128 Å². The van der Waals surface area contributed by atoms with Crippen LogP contribution in [0, 0.1) is 12.3 Å². The second-order valence-electron chi connectivity index (χ2n) is 7.30. The third kappa shape index (κ3) is 3.62. The molecule has 21 heavy (non-hydrogen) atoms. The van der Waals surface area contributed by atoms with Gasteiger partial charge in [0.1, 0.15) is 0 Å². The predicted molar refractivity (Wildman–Crippen MR) is 89.4 cm³/mol. The van der Waals surface area contributed by atoms with E-state index in [-0.39, 0.29) is 0 Å². The molecule has 3 rings (SSSR count). The molecule has 0 radical (unpaired) electrons. The number of hydrogen-bond donors (Lipinski definition) is 1. The fourth-order valence-corrected chi connectivity index (χ4v) is 3.25. The zero-order valence-electron chi connectivity index (χ0n) is 13.4. The molecule has 1 aliphatic rings. The van der Waals surface area contributed by atoms with Gasteiger partial charge in [0.25, 0.3) is 0 Å². The summed E-state index contributed by atoms with van der Waals surface area (Å²) in [4.78, 5) is 4.56. The number of benzene rings is 1. The smallest absolute Gasteiger partial charge is 0.0705 e. The van der Waals surface area contributed by atoms with E-state index >= 15 is 0 Å². The molecule has 0 unspecified atom stereocenters. The molecule has 0 aliphatic heterocycles. The Bertz CT molecular complexity index is 620. The highest BCUT2D eigenvalue weighted by atomic mass is 14.9. The first-order valence-corrected chi connectivity index (χ1v) is 8.12.